The van der Waals surface area contributed by atoms with Crippen molar-refractivity contribution in [1.82, 2.24) is 0 Å². The largest absolute Gasteiger partial charge is 0.454 e. The van der Waals surface area contributed by atoms with E-state index in [0.29, 0.717) is 16.5 Å². The van der Waals surface area contributed by atoms with Gasteiger partial charge in [0.25, 0.3) is 0 Å². The van der Waals surface area contributed by atoms with Crippen molar-refractivity contribution in [3.05, 3.63) is 22.7 Å². The molecule has 0 saturated heterocycles. The van der Waals surface area contributed by atoms with Gasteiger partial charge in [0.05, 0.1) is 0 Å². The minimum atomic E-state index is -0.474. The fraction of sp³-hybridized carbons (Fsp3) is 0.400. The van der Waals surface area contributed by atoms with E-state index in [1.54, 1.807) is 6.07 Å². The molecule has 1 heterocycles. The van der Waals surface area contributed by atoms with Crippen LogP contribution in [0.3, 0.4) is 0 Å². The van der Waals surface area contributed by atoms with Crippen molar-refractivity contribution in [2.45, 2.75) is 19.4 Å². The van der Waals surface area contributed by atoms with E-state index >= 15 is 0 Å². The maximum Gasteiger partial charge on any atom is 0.231 e. The lowest BCUT2D eigenvalue weighted by atomic mass is 9.95. The highest BCUT2D eigenvalue weighted by Crippen LogP contribution is 2.39. The van der Waals surface area contributed by atoms with E-state index in [0.717, 1.165) is 5.56 Å². The van der Waals surface area contributed by atoms with Crippen LogP contribution in [0.4, 0.5) is 0 Å². The number of fused-ring (bicyclic) bond motifs is 1. The summed E-state index contributed by atoms with van der Waals surface area (Å²) < 4.78 is 10.5. The molecule has 4 heteroatoms. The summed E-state index contributed by atoms with van der Waals surface area (Å²) in [5, 5.41) is 0.613. The van der Waals surface area contributed by atoms with Crippen LogP contribution in [0.15, 0.2) is 12.1 Å². The highest BCUT2D eigenvalue weighted by molar-refractivity contribution is 6.31. The van der Waals surface area contributed by atoms with Gasteiger partial charge in [0.15, 0.2) is 11.5 Å². The Morgan fingerprint density at radius 1 is 1.29 bits per heavy atom. The molecule has 2 N–H and O–H groups in total. The average molecular weight is 214 g/mol. The first kappa shape index (κ1) is 9.62. The molecular formula is C10H12ClNO2. The Morgan fingerprint density at radius 2 is 1.86 bits per heavy atom. The third-order valence-corrected chi connectivity index (χ3v) is 2.47. The molecule has 0 atom stereocenters. The van der Waals surface area contributed by atoms with Crippen LogP contribution in [0, 0.1) is 0 Å². The molecule has 2 rings (SSSR count). The molecule has 3 nitrogen and oxygen atoms in total. The van der Waals surface area contributed by atoms with Gasteiger partial charge < -0.3 is 15.2 Å². The van der Waals surface area contributed by atoms with Crippen LogP contribution >= 0.6 is 11.6 Å². The fourth-order valence-electron chi connectivity index (χ4n) is 1.41. The second-order valence-electron chi connectivity index (χ2n) is 3.91. The van der Waals surface area contributed by atoms with E-state index in [-0.39, 0.29) is 6.79 Å². The second kappa shape index (κ2) is 3.04. The molecule has 1 aliphatic rings. The molecule has 0 radical (unpaired) electrons. The van der Waals surface area contributed by atoms with Gasteiger partial charge in [-0.2, -0.15) is 0 Å². The summed E-state index contributed by atoms with van der Waals surface area (Å²) in [5.74, 6) is 1.39. The van der Waals surface area contributed by atoms with Crippen LogP contribution < -0.4 is 15.2 Å². The Kier molecular flexibility index (Phi) is 2.09. The molecule has 0 aliphatic carbocycles. The summed E-state index contributed by atoms with van der Waals surface area (Å²) in [6, 6.07) is 3.58. The van der Waals surface area contributed by atoms with Crippen molar-refractivity contribution < 1.29 is 9.47 Å². The van der Waals surface area contributed by atoms with Crippen molar-refractivity contribution in [2.75, 3.05) is 6.79 Å². The number of rotatable bonds is 1. The SMILES string of the molecule is CC(C)(N)c1cc2c(cc1Cl)OCO2. The molecule has 0 aromatic heterocycles. The Bertz CT molecular complexity index is 371. The van der Waals surface area contributed by atoms with Crippen molar-refractivity contribution in [3.63, 3.8) is 0 Å². The highest BCUT2D eigenvalue weighted by atomic mass is 35.5. The molecule has 1 aliphatic heterocycles. The van der Waals surface area contributed by atoms with Crippen LogP contribution in [0.25, 0.3) is 0 Å². The first-order valence-electron chi connectivity index (χ1n) is 4.37. The molecule has 0 spiro atoms. The monoisotopic (exact) mass is 213 g/mol. The molecule has 0 unspecified atom stereocenters. The lowest BCUT2D eigenvalue weighted by Crippen LogP contribution is -2.28. The van der Waals surface area contributed by atoms with Gasteiger partial charge in [0, 0.05) is 16.6 Å². The quantitative estimate of drug-likeness (QED) is 0.779. The van der Waals surface area contributed by atoms with Crippen LogP contribution in [0.5, 0.6) is 11.5 Å². The lowest BCUT2D eigenvalue weighted by Gasteiger charge is -2.20. The molecular weight excluding hydrogens is 202 g/mol. The Hall–Kier alpha value is -0.930. The van der Waals surface area contributed by atoms with Gasteiger partial charge in [-0.3, -0.25) is 0 Å². The zero-order chi connectivity index (χ0) is 10.3. The fourth-order valence-corrected chi connectivity index (χ4v) is 1.81. The highest BCUT2D eigenvalue weighted by Gasteiger charge is 2.23. The standard InChI is InChI=1S/C10H12ClNO2/c1-10(2,12)6-3-8-9(4-7(6)11)14-5-13-8/h3-4H,5,12H2,1-2H3. The van der Waals surface area contributed by atoms with E-state index in [4.69, 9.17) is 26.8 Å². The number of benzene rings is 1. The maximum absolute atomic E-state index is 6.08. The summed E-state index contributed by atoms with van der Waals surface area (Å²) in [4.78, 5) is 0. The summed E-state index contributed by atoms with van der Waals surface area (Å²) >= 11 is 6.08. The van der Waals surface area contributed by atoms with Crippen molar-refractivity contribution in [2.24, 2.45) is 5.73 Å². The third kappa shape index (κ3) is 1.53. The number of halogens is 1. The first-order chi connectivity index (χ1) is 6.48. The minimum Gasteiger partial charge on any atom is -0.454 e. The van der Waals surface area contributed by atoms with Crippen LogP contribution in [0.2, 0.25) is 5.02 Å². The van der Waals surface area contributed by atoms with Gasteiger partial charge in [-0.05, 0) is 25.5 Å². The Balaban J connectivity index is 2.53. The van der Waals surface area contributed by atoms with Crippen LogP contribution in [-0.2, 0) is 5.54 Å². The first-order valence-corrected chi connectivity index (χ1v) is 4.75. The van der Waals surface area contributed by atoms with E-state index in [1.807, 2.05) is 19.9 Å². The van der Waals surface area contributed by atoms with Gasteiger partial charge in [0.2, 0.25) is 6.79 Å². The summed E-state index contributed by atoms with van der Waals surface area (Å²) in [6.45, 7) is 4.05. The summed E-state index contributed by atoms with van der Waals surface area (Å²) in [5.41, 5.74) is 6.36. The zero-order valence-corrected chi connectivity index (χ0v) is 8.89. The molecule has 76 valence electrons. The van der Waals surface area contributed by atoms with Crippen molar-refractivity contribution in [3.8, 4) is 11.5 Å². The third-order valence-electron chi connectivity index (χ3n) is 2.16. The normalized spacial score (nSPS) is 14.6. The number of hydrogen-bond donors (Lipinski definition) is 1. The molecule has 1 aromatic rings. The predicted molar refractivity (Wildman–Crippen MR) is 54.8 cm³/mol. The van der Waals surface area contributed by atoms with Gasteiger partial charge >= 0.3 is 0 Å². The molecule has 0 saturated carbocycles. The zero-order valence-electron chi connectivity index (χ0n) is 8.13. The Morgan fingerprint density at radius 3 is 2.43 bits per heavy atom. The molecule has 0 fully saturated rings. The van der Waals surface area contributed by atoms with Gasteiger partial charge in [-0.25, -0.2) is 0 Å². The topological polar surface area (TPSA) is 44.5 Å². The van der Waals surface area contributed by atoms with Gasteiger partial charge in [0.1, 0.15) is 0 Å². The summed E-state index contributed by atoms with van der Waals surface area (Å²) in [6.07, 6.45) is 0. The molecule has 14 heavy (non-hydrogen) atoms. The minimum absolute atomic E-state index is 0.250. The average Bonchev–Trinajstić information content (AvgIpc) is 2.47. The molecule has 0 amide bonds. The molecule has 1 aromatic carbocycles. The number of nitrogens with two attached hydrogens (primary N) is 1. The number of hydrogen-bond acceptors (Lipinski definition) is 3. The van der Waals surface area contributed by atoms with Gasteiger partial charge in [-0.1, -0.05) is 11.6 Å². The van der Waals surface area contributed by atoms with Crippen molar-refractivity contribution >= 4 is 11.6 Å². The predicted octanol–water partition coefficient (Wildman–Crippen LogP) is 2.26. The van der Waals surface area contributed by atoms with E-state index < -0.39 is 5.54 Å². The van der Waals surface area contributed by atoms with Gasteiger partial charge in [-0.15, -0.1) is 0 Å². The second-order valence-corrected chi connectivity index (χ2v) is 4.31. The lowest BCUT2D eigenvalue weighted by molar-refractivity contribution is 0.174. The number of ether oxygens (including phenoxy) is 2. The maximum atomic E-state index is 6.08. The van der Waals surface area contributed by atoms with Crippen LogP contribution in [-0.4, -0.2) is 6.79 Å². The van der Waals surface area contributed by atoms with Crippen molar-refractivity contribution in [1.29, 1.82) is 0 Å². The Labute approximate surface area is 87.8 Å². The van der Waals surface area contributed by atoms with E-state index in [9.17, 15) is 0 Å². The smallest absolute Gasteiger partial charge is 0.231 e. The van der Waals surface area contributed by atoms with E-state index in [1.165, 1.54) is 0 Å². The summed E-state index contributed by atoms with van der Waals surface area (Å²) in [7, 11) is 0. The van der Waals surface area contributed by atoms with Crippen LogP contribution in [0.1, 0.15) is 19.4 Å². The van der Waals surface area contributed by atoms with E-state index in [2.05, 4.69) is 0 Å². The molecule has 0 bridgehead atoms.